The molecule has 0 amide bonds. The second-order valence-corrected chi connectivity index (χ2v) is 3.68. The summed E-state index contributed by atoms with van der Waals surface area (Å²) < 4.78 is 10.1. The first-order valence-corrected chi connectivity index (χ1v) is 5.44. The van der Waals surface area contributed by atoms with Gasteiger partial charge in [0.1, 0.15) is 11.3 Å². The van der Waals surface area contributed by atoms with E-state index >= 15 is 0 Å². The molecule has 0 aliphatic carbocycles. The Hall–Kier alpha value is -2.63. The highest BCUT2D eigenvalue weighted by atomic mass is 16.5. The molecule has 6 heteroatoms. The minimum atomic E-state index is -1.12. The molecule has 0 atom stereocenters. The Morgan fingerprint density at radius 2 is 2.05 bits per heavy atom. The van der Waals surface area contributed by atoms with Crippen molar-refractivity contribution in [2.75, 3.05) is 14.2 Å². The molecule has 1 heterocycles. The zero-order valence-corrected chi connectivity index (χ0v) is 10.5. The highest BCUT2D eigenvalue weighted by Crippen LogP contribution is 2.30. The number of benzene rings is 1. The maximum absolute atomic E-state index is 11.4. The van der Waals surface area contributed by atoms with Crippen molar-refractivity contribution in [3.8, 4) is 22.8 Å². The van der Waals surface area contributed by atoms with Gasteiger partial charge < -0.3 is 14.6 Å². The number of aromatic nitrogens is 2. The molecule has 2 rings (SSSR count). The second-order valence-electron chi connectivity index (χ2n) is 3.68. The molecule has 0 fully saturated rings. The Morgan fingerprint density at radius 1 is 1.26 bits per heavy atom. The first kappa shape index (κ1) is 12.8. The van der Waals surface area contributed by atoms with Crippen LogP contribution in [0.25, 0.3) is 11.1 Å². The molecule has 0 radical (unpaired) electrons. The lowest BCUT2D eigenvalue weighted by atomic mass is 10.0. The third-order valence-corrected chi connectivity index (χ3v) is 2.61. The van der Waals surface area contributed by atoms with Gasteiger partial charge in [-0.2, -0.15) is 5.10 Å². The number of carboxylic acid groups (broad SMARTS) is 1. The normalized spacial score (nSPS) is 10.0. The van der Waals surface area contributed by atoms with E-state index in [1.165, 1.54) is 13.3 Å². The van der Waals surface area contributed by atoms with Crippen molar-refractivity contribution in [3.05, 3.63) is 36.0 Å². The van der Waals surface area contributed by atoms with Gasteiger partial charge >= 0.3 is 5.97 Å². The van der Waals surface area contributed by atoms with Gasteiger partial charge in [0.25, 0.3) is 0 Å². The lowest BCUT2D eigenvalue weighted by molar-refractivity contribution is 0.0693. The molecule has 19 heavy (non-hydrogen) atoms. The molecule has 0 aliphatic heterocycles. The maximum atomic E-state index is 11.4. The van der Waals surface area contributed by atoms with E-state index in [0.29, 0.717) is 16.9 Å². The van der Waals surface area contributed by atoms with Crippen LogP contribution in [0.4, 0.5) is 0 Å². The summed E-state index contributed by atoms with van der Waals surface area (Å²) >= 11 is 0. The topological polar surface area (TPSA) is 81.5 Å². The van der Waals surface area contributed by atoms with Gasteiger partial charge in [0.2, 0.25) is 5.88 Å². The van der Waals surface area contributed by atoms with Crippen LogP contribution in [0, 0.1) is 0 Å². The standard InChI is InChI=1S/C13H12N2O4/c1-18-9-5-3-4-8(6-9)10-7-14-15-12(19-2)11(10)13(16)17/h3-7H,1-2H3,(H,16,17). The molecule has 1 aromatic carbocycles. The molecule has 0 spiro atoms. The van der Waals surface area contributed by atoms with E-state index in [9.17, 15) is 9.90 Å². The molecule has 6 nitrogen and oxygen atoms in total. The van der Waals surface area contributed by atoms with Gasteiger partial charge in [-0.05, 0) is 17.7 Å². The zero-order chi connectivity index (χ0) is 13.8. The average molecular weight is 260 g/mol. The minimum absolute atomic E-state index is 0.0205. The molecular formula is C13H12N2O4. The van der Waals surface area contributed by atoms with Crippen LogP contribution in [0.5, 0.6) is 11.6 Å². The summed E-state index contributed by atoms with van der Waals surface area (Å²) in [7, 11) is 2.90. The van der Waals surface area contributed by atoms with Crippen molar-refractivity contribution in [3.63, 3.8) is 0 Å². The number of rotatable bonds is 4. The molecule has 0 saturated carbocycles. The van der Waals surface area contributed by atoms with Crippen LogP contribution in [-0.4, -0.2) is 35.5 Å². The number of methoxy groups -OCH3 is 2. The van der Waals surface area contributed by atoms with Crippen LogP contribution in [0.2, 0.25) is 0 Å². The number of carbonyl (C=O) groups is 1. The summed E-state index contributed by atoms with van der Waals surface area (Å²) in [5.41, 5.74) is 1.08. The molecule has 0 saturated heterocycles. The molecule has 0 unspecified atom stereocenters. The smallest absolute Gasteiger partial charge is 0.341 e. The third kappa shape index (κ3) is 2.47. The summed E-state index contributed by atoms with van der Waals surface area (Å²) in [6, 6.07) is 7.04. The van der Waals surface area contributed by atoms with E-state index in [1.807, 2.05) is 0 Å². The van der Waals surface area contributed by atoms with Gasteiger partial charge in [0, 0.05) is 5.56 Å². The van der Waals surface area contributed by atoms with E-state index in [0.717, 1.165) is 0 Å². The van der Waals surface area contributed by atoms with Gasteiger partial charge in [-0.3, -0.25) is 0 Å². The van der Waals surface area contributed by atoms with Crippen molar-refractivity contribution in [1.82, 2.24) is 10.2 Å². The van der Waals surface area contributed by atoms with Crippen LogP contribution < -0.4 is 9.47 Å². The number of nitrogens with zero attached hydrogens (tertiary/aromatic N) is 2. The molecule has 1 N–H and O–H groups in total. The van der Waals surface area contributed by atoms with Crippen LogP contribution >= 0.6 is 0 Å². The lowest BCUT2D eigenvalue weighted by Gasteiger charge is -2.09. The van der Waals surface area contributed by atoms with E-state index in [4.69, 9.17) is 9.47 Å². The lowest BCUT2D eigenvalue weighted by Crippen LogP contribution is -2.06. The summed E-state index contributed by atoms with van der Waals surface area (Å²) in [6.07, 6.45) is 1.39. The van der Waals surface area contributed by atoms with Crippen LogP contribution in [0.3, 0.4) is 0 Å². The maximum Gasteiger partial charge on any atom is 0.341 e. The van der Waals surface area contributed by atoms with Gasteiger partial charge in [0.15, 0.2) is 0 Å². The first-order valence-electron chi connectivity index (χ1n) is 5.44. The number of hydrogen-bond acceptors (Lipinski definition) is 5. The third-order valence-electron chi connectivity index (χ3n) is 2.61. The quantitative estimate of drug-likeness (QED) is 0.903. The predicted octanol–water partition coefficient (Wildman–Crippen LogP) is 1.86. The summed E-state index contributed by atoms with van der Waals surface area (Å²) in [6.45, 7) is 0. The van der Waals surface area contributed by atoms with Crippen molar-refractivity contribution < 1.29 is 19.4 Å². The Labute approximate surface area is 109 Å². The fourth-order valence-electron chi connectivity index (χ4n) is 1.73. The van der Waals surface area contributed by atoms with E-state index in [-0.39, 0.29) is 11.4 Å². The minimum Gasteiger partial charge on any atom is -0.497 e. The van der Waals surface area contributed by atoms with Gasteiger partial charge in [0.05, 0.1) is 20.4 Å². The molecule has 0 bridgehead atoms. The molecule has 1 aromatic heterocycles. The molecule has 2 aromatic rings. The predicted molar refractivity (Wildman–Crippen MR) is 67.5 cm³/mol. The average Bonchev–Trinajstić information content (AvgIpc) is 2.46. The van der Waals surface area contributed by atoms with Crippen LogP contribution in [0.1, 0.15) is 10.4 Å². The van der Waals surface area contributed by atoms with Gasteiger partial charge in [-0.15, -0.1) is 5.10 Å². The monoisotopic (exact) mass is 260 g/mol. The number of hydrogen-bond donors (Lipinski definition) is 1. The Kier molecular flexibility index (Phi) is 3.61. The van der Waals surface area contributed by atoms with Crippen LogP contribution in [-0.2, 0) is 0 Å². The fourth-order valence-corrected chi connectivity index (χ4v) is 1.73. The van der Waals surface area contributed by atoms with E-state index in [2.05, 4.69) is 10.2 Å². The highest BCUT2D eigenvalue weighted by molar-refractivity contribution is 5.98. The largest absolute Gasteiger partial charge is 0.497 e. The Balaban J connectivity index is 2.64. The van der Waals surface area contributed by atoms with Crippen molar-refractivity contribution in [2.45, 2.75) is 0 Å². The first-order chi connectivity index (χ1) is 9.17. The van der Waals surface area contributed by atoms with Gasteiger partial charge in [-0.25, -0.2) is 4.79 Å². The Morgan fingerprint density at radius 3 is 2.68 bits per heavy atom. The van der Waals surface area contributed by atoms with Gasteiger partial charge in [-0.1, -0.05) is 12.1 Å². The van der Waals surface area contributed by atoms with Crippen molar-refractivity contribution in [2.24, 2.45) is 0 Å². The van der Waals surface area contributed by atoms with Crippen LogP contribution in [0.15, 0.2) is 30.5 Å². The summed E-state index contributed by atoms with van der Waals surface area (Å²) in [5, 5.41) is 16.7. The zero-order valence-electron chi connectivity index (χ0n) is 10.5. The number of ether oxygens (including phenoxy) is 2. The summed E-state index contributed by atoms with van der Waals surface area (Å²) in [4.78, 5) is 11.4. The number of carboxylic acids is 1. The highest BCUT2D eigenvalue weighted by Gasteiger charge is 2.19. The summed E-state index contributed by atoms with van der Waals surface area (Å²) in [5.74, 6) is -0.512. The second kappa shape index (κ2) is 5.34. The molecule has 98 valence electrons. The molecule has 0 aliphatic rings. The van der Waals surface area contributed by atoms with E-state index in [1.54, 1.807) is 31.4 Å². The van der Waals surface area contributed by atoms with Crippen molar-refractivity contribution >= 4 is 5.97 Å². The SMILES string of the molecule is COc1cccc(-c2cnnc(OC)c2C(=O)O)c1. The number of aromatic carboxylic acids is 1. The van der Waals surface area contributed by atoms with E-state index < -0.39 is 5.97 Å². The fraction of sp³-hybridized carbons (Fsp3) is 0.154. The Bertz CT molecular complexity index is 613. The van der Waals surface area contributed by atoms with Crippen molar-refractivity contribution in [1.29, 1.82) is 0 Å². The molecular weight excluding hydrogens is 248 g/mol.